The Bertz CT molecular complexity index is 988. The van der Waals surface area contributed by atoms with Gasteiger partial charge in [0.2, 0.25) is 18.0 Å². The summed E-state index contributed by atoms with van der Waals surface area (Å²) in [6.45, 7) is 10.5. The Balaban J connectivity index is 1.19. The summed E-state index contributed by atoms with van der Waals surface area (Å²) in [5.41, 5.74) is -1.12. The first-order valence-electron chi connectivity index (χ1n) is 14.9. The van der Waals surface area contributed by atoms with E-state index in [9.17, 15) is 19.5 Å². The normalized spacial score (nSPS) is 42.7. The number of carboxylic acid groups (broad SMARTS) is 1. The van der Waals surface area contributed by atoms with Gasteiger partial charge in [-0.15, -0.1) is 0 Å². The van der Waals surface area contributed by atoms with Gasteiger partial charge < -0.3 is 29.4 Å². The van der Waals surface area contributed by atoms with E-state index >= 15 is 0 Å². The van der Waals surface area contributed by atoms with Crippen LogP contribution in [0.3, 0.4) is 0 Å². The second-order valence-corrected chi connectivity index (χ2v) is 13.4. The molecule has 10 atom stereocenters. The molecule has 226 valence electrons. The van der Waals surface area contributed by atoms with Crippen molar-refractivity contribution in [3.63, 3.8) is 0 Å². The lowest BCUT2D eigenvalue weighted by Gasteiger charge is -2.59. The SMILES string of the molecule is C[C@H]1[C@H](OC(=O)CCC(=O)NC(CC(=O)O)C2CCOC(C)(C)C2)O[C@@H]2O[C@@]3(C)CC[C@H]4[C@H](C)CC[C@@H]1[C@@]24OO3. The minimum Gasteiger partial charge on any atom is -0.481 e. The van der Waals surface area contributed by atoms with Gasteiger partial charge in [0.1, 0.15) is 0 Å². The van der Waals surface area contributed by atoms with Gasteiger partial charge >= 0.3 is 11.9 Å². The summed E-state index contributed by atoms with van der Waals surface area (Å²) in [7, 11) is 0. The van der Waals surface area contributed by atoms with Crippen molar-refractivity contribution in [3.05, 3.63) is 0 Å². The number of esters is 1. The van der Waals surface area contributed by atoms with Crippen molar-refractivity contribution >= 4 is 17.8 Å². The van der Waals surface area contributed by atoms with E-state index in [0.29, 0.717) is 31.8 Å². The third kappa shape index (κ3) is 5.77. The zero-order chi connectivity index (χ0) is 28.9. The smallest absolute Gasteiger partial charge is 0.308 e. The van der Waals surface area contributed by atoms with Crippen LogP contribution < -0.4 is 5.32 Å². The lowest BCUT2D eigenvalue weighted by molar-refractivity contribution is -0.576. The van der Waals surface area contributed by atoms with Crippen LogP contribution in [0.5, 0.6) is 0 Å². The van der Waals surface area contributed by atoms with Crippen LogP contribution in [0.4, 0.5) is 0 Å². The topological polar surface area (TPSA) is 139 Å². The van der Waals surface area contributed by atoms with Gasteiger partial charge in [-0.05, 0) is 70.6 Å². The molecule has 11 heteroatoms. The summed E-state index contributed by atoms with van der Waals surface area (Å²) in [6.07, 6.45) is 2.85. The highest BCUT2D eigenvalue weighted by molar-refractivity contribution is 5.82. The lowest BCUT2D eigenvalue weighted by Crippen LogP contribution is -2.70. The Morgan fingerprint density at radius 1 is 1.02 bits per heavy atom. The van der Waals surface area contributed by atoms with Gasteiger partial charge in [0, 0.05) is 37.3 Å². The maximum Gasteiger partial charge on any atom is 0.308 e. The average Bonchev–Trinajstić information content (AvgIpc) is 3.10. The zero-order valence-electron chi connectivity index (χ0n) is 24.3. The second-order valence-electron chi connectivity index (χ2n) is 13.4. The second kappa shape index (κ2) is 11.1. The van der Waals surface area contributed by atoms with Crippen LogP contribution in [-0.2, 0) is 43.1 Å². The molecule has 6 aliphatic rings. The molecule has 2 unspecified atom stereocenters. The van der Waals surface area contributed by atoms with Gasteiger partial charge in [-0.3, -0.25) is 14.4 Å². The van der Waals surface area contributed by atoms with Crippen molar-refractivity contribution in [2.75, 3.05) is 6.61 Å². The standard InChI is InChI=1S/C29H45NO10/c1-16-6-7-20-17(2)25(37-26-29(20)19(16)10-12-28(5,38-26)39-40-29)36-24(34)9-8-22(31)30-21(14-23(32)33)18-11-13-35-27(3,4)15-18/h16-21,25-26H,6-15H2,1-5H3,(H,30,31)(H,32,33)/t16-,17-,18?,19+,20+,21?,25-,26-,28-,29-/m1/s1. The van der Waals surface area contributed by atoms with Crippen LogP contribution in [0.15, 0.2) is 0 Å². The molecule has 5 aliphatic heterocycles. The number of carbonyl (C=O) groups excluding carboxylic acids is 2. The van der Waals surface area contributed by atoms with Crippen LogP contribution in [-0.4, -0.2) is 65.2 Å². The Hall–Kier alpha value is -1.79. The van der Waals surface area contributed by atoms with Crippen molar-refractivity contribution in [1.82, 2.24) is 5.32 Å². The molecule has 1 saturated carbocycles. The minimum absolute atomic E-state index is 0.0236. The number of hydrogen-bond donors (Lipinski definition) is 2. The van der Waals surface area contributed by atoms with Crippen molar-refractivity contribution < 1.29 is 48.2 Å². The van der Waals surface area contributed by atoms with Gasteiger partial charge in [0.15, 0.2) is 11.9 Å². The highest BCUT2D eigenvalue weighted by Gasteiger charge is 2.69. The van der Waals surface area contributed by atoms with Gasteiger partial charge in [-0.25, -0.2) is 9.78 Å². The highest BCUT2D eigenvalue weighted by atomic mass is 17.3. The Morgan fingerprint density at radius 2 is 1.80 bits per heavy atom. The number of amides is 1. The molecule has 40 heavy (non-hydrogen) atoms. The number of carboxylic acids is 1. The summed E-state index contributed by atoms with van der Waals surface area (Å²) < 4.78 is 24.1. The molecule has 2 N–H and O–H groups in total. The Labute approximate surface area is 235 Å². The molecule has 0 aromatic carbocycles. The molecule has 0 aromatic rings. The number of aliphatic carboxylic acids is 1. The summed E-state index contributed by atoms with van der Waals surface area (Å²) in [6, 6.07) is -0.532. The van der Waals surface area contributed by atoms with Crippen molar-refractivity contribution in [3.8, 4) is 0 Å². The summed E-state index contributed by atoms with van der Waals surface area (Å²) in [5, 5.41) is 12.3. The molecular formula is C29H45NO10. The molecule has 0 radical (unpaired) electrons. The van der Waals surface area contributed by atoms with Crippen LogP contribution in [0.25, 0.3) is 0 Å². The van der Waals surface area contributed by atoms with Gasteiger partial charge in [0.05, 0.1) is 18.4 Å². The van der Waals surface area contributed by atoms with E-state index in [2.05, 4.69) is 12.2 Å². The van der Waals surface area contributed by atoms with Gasteiger partial charge in [0.25, 0.3) is 0 Å². The largest absolute Gasteiger partial charge is 0.481 e. The predicted molar refractivity (Wildman–Crippen MR) is 139 cm³/mol. The summed E-state index contributed by atoms with van der Waals surface area (Å²) in [4.78, 5) is 49.1. The molecule has 11 nitrogen and oxygen atoms in total. The number of nitrogens with one attached hydrogen (secondary N) is 1. The fourth-order valence-corrected chi connectivity index (χ4v) is 7.84. The van der Waals surface area contributed by atoms with Crippen LogP contribution in [0.1, 0.15) is 92.4 Å². The first-order chi connectivity index (χ1) is 18.8. The fourth-order valence-electron chi connectivity index (χ4n) is 7.84. The van der Waals surface area contributed by atoms with Crippen LogP contribution >= 0.6 is 0 Å². The third-order valence-electron chi connectivity index (χ3n) is 9.95. The minimum atomic E-state index is -0.979. The predicted octanol–water partition coefficient (Wildman–Crippen LogP) is 3.68. The molecule has 1 spiro atoms. The Kier molecular flexibility index (Phi) is 8.26. The monoisotopic (exact) mass is 567 g/mol. The quantitative estimate of drug-likeness (QED) is 0.330. The van der Waals surface area contributed by atoms with Crippen LogP contribution in [0, 0.1) is 29.6 Å². The molecule has 5 heterocycles. The molecule has 5 saturated heterocycles. The molecule has 6 fully saturated rings. The highest BCUT2D eigenvalue weighted by Crippen LogP contribution is 2.60. The average molecular weight is 568 g/mol. The first kappa shape index (κ1) is 29.7. The summed E-state index contributed by atoms with van der Waals surface area (Å²) in [5.74, 6) is -2.34. The number of hydrogen-bond acceptors (Lipinski definition) is 9. The number of rotatable bonds is 8. The van der Waals surface area contributed by atoms with E-state index in [1.54, 1.807) is 0 Å². The number of fused-ring (bicyclic) bond motifs is 2. The van der Waals surface area contributed by atoms with E-state index in [1.807, 2.05) is 27.7 Å². The van der Waals surface area contributed by atoms with E-state index < -0.39 is 41.9 Å². The van der Waals surface area contributed by atoms with Crippen molar-refractivity contribution in [1.29, 1.82) is 0 Å². The molecular weight excluding hydrogens is 522 g/mol. The van der Waals surface area contributed by atoms with E-state index in [1.165, 1.54) is 0 Å². The maximum atomic E-state index is 12.9. The molecule has 2 bridgehead atoms. The van der Waals surface area contributed by atoms with Crippen LogP contribution in [0.2, 0.25) is 0 Å². The van der Waals surface area contributed by atoms with Gasteiger partial charge in [-0.1, -0.05) is 13.8 Å². The van der Waals surface area contributed by atoms with Crippen molar-refractivity contribution in [2.24, 2.45) is 29.6 Å². The first-order valence-corrected chi connectivity index (χ1v) is 14.9. The number of carbonyl (C=O) groups is 3. The molecule has 6 rings (SSSR count). The third-order valence-corrected chi connectivity index (χ3v) is 9.95. The summed E-state index contributed by atoms with van der Waals surface area (Å²) >= 11 is 0. The Morgan fingerprint density at radius 3 is 2.52 bits per heavy atom. The molecule has 1 aliphatic carbocycles. The lowest BCUT2D eigenvalue weighted by atomic mass is 9.58. The van der Waals surface area contributed by atoms with Gasteiger partial charge in [-0.2, -0.15) is 0 Å². The zero-order valence-corrected chi connectivity index (χ0v) is 24.3. The van der Waals surface area contributed by atoms with E-state index in [4.69, 9.17) is 28.7 Å². The molecule has 0 aromatic heterocycles. The fraction of sp³-hybridized carbons (Fsp3) is 0.897. The maximum absolute atomic E-state index is 12.9. The number of ether oxygens (including phenoxy) is 4. The van der Waals surface area contributed by atoms with E-state index in [0.717, 1.165) is 19.3 Å². The van der Waals surface area contributed by atoms with Crippen molar-refractivity contribution in [2.45, 2.75) is 128 Å². The molecule has 1 amide bonds. The van der Waals surface area contributed by atoms with E-state index in [-0.39, 0.29) is 54.4 Å².